The van der Waals surface area contributed by atoms with E-state index in [0.29, 0.717) is 16.2 Å². The molecule has 2 rings (SSSR count). The summed E-state index contributed by atoms with van der Waals surface area (Å²) in [5.74, 6) is -1.03. The van der Waals surface area contributed by atoms with Crippen molar-refractivity contribution in [3.05, 3.63) is 51.2 Å². The van der Waals surface area contributed by atoms with Crippen LogP contribution in [0, 0.1) is 6.92 Å². The number of carbonyl (C=O) groups is 2. The molecule has 5 nitrogen and oxygen atoms in total. The van der Waals surface area contributed by atoms with Crippen LogP contribution in [-0.2, 0) is 0 Å². The highest BCUT2D eigenvalue weighted by Gasteiger charge is 2.20. The van der Waals surface area contributed by atoms with Gasteiger partial charge in [0.2, 0.25) is 0 Å². The number of carboxylic acid groups (broad SMARTS) is 1. The Kier molecular flexibility index (Phi) is 5.33. The summed E-state index contributed by atoms with van der Waals surface area (Å²) in [6.45, 7) is 0.871. The molecular weight excluding hydrogens is 321 g/mol. The third-order valence-corrected chi connectivity index (χ3v) is 4.37. The number of methoxy groups -OCH3 is 1. The van der Waals surface area contributed by atoms with Crippen LogP contribution in [0.3, 0.4) is 0 Å². The monoisotopic (exact) mass is 337 g/mol. The summed E-state index contributed by atoms with van der Waals surface area (Å²) in [6, 6.07) is 7.25. The van der Waals surface area contributed by atoms with Crippen LogP contribution in [0.4, 0.5) is 4.39 Å². The Hall–Kier alpha value is -2.41. The molecule has 0 aliphatic heterocycles. The van der Waals surface area contributed by atoms with Crippen molar-refractivity contribution in [2.45, 2.75) is 13.0 Å². The highest BCUT2D eigenvalue weighted by Crippen LogP contribution is 2.24. The molecule has 1 unspecified atom stereocenters. The first-order chi connectivity index (χ1) is 11.0. The molecule has 0 aliphatic rings. The number of benzene rings is 1. The molecule has 2 N–H and O–H groups in total. The number of ether oxygens (including phenoxy) is 1. The van der Waals surface area contributed by atoms with E-state index in [4.69, 9.17) is 9.84 Å². The molecule has 122 valence electrons. The molecule has 0 bridgehead atoms. The average molecular weight is 337 g/mol. The molecule has 0 aliphatic carbocycles. The lowest BCUT2D eigenvalue weighted by molar-refractivity contribution is 0.0702. The maximum absolute atomic E-state index is 13.3. The fraction of sp³-hybridized carbons (Fsp3) is 0.250. The maximum atomic E-state index is 13.3. The highest BCUT2D eigenvalue weighted by molar-refractivity contribution is 7.14. The lowest BCUT2D eigenvalue weighted by Gasteiger charge is -2.16. The highest BCUT2D eigenvalue weighted by atomic mass is 32.1. The zero-order valence-corrected chi connectivity index (χ0v) is 13.4. The van der Waals surface area contributed by atoms with Crippen molar-refractivity contribution in [2.75, 3.05) is 13.8 Å². The third kappa shape index (κ3) is 3.87. The second-order valence-electron chi connectivity index (χ2n) is 4.84. The Morgan fingerprint density at radius 1 is 1.39 bits per heavy atom. The van der Waals surface area contributed by atoms with Gasteiger partial charge in [-0.3, -0.25) is 4.79 Å². The Morgan fingerprint density at radius 2 is 2.13 bits per heavy atom. The molecule has 0 spiro atoms. The molecule has 2 aromatic rings. The summed E-state index contributed by atoms with van der Waals surface area (Å²) >= 11 is 1.01. The van der Waals surface area contributed by atoms with Gasteiger partial charge in [-0.05, 0) is 30.7 Å². The molecule has 1 aromatic heterocycles. The second kappa shape index (κ2) is 7.23. The SMILES string of the molecule is COc1cccc(C(CF)NC(=O)c2cc(C(=O)O)sc2C)c1. The number of rotatable bonds is 6. The van der Waals surface area contributed by atoms with E-state index >= 15 is 0 Å². The number of hydrogen-bond donors (Lipinski definition) is 2. The van der Waals surface area contributed by atoms with Gasteiger partial charge in [-0.25, -0.2) is 9.18 Å². The van der Waals surface area contributed by atoms with Gasteiger partial charge in [0.15, 0.2) is 0 Å². The summed E-state index contributed by atoms with van der Waals surface area (Å²) in [5, 5.41) is 11.6. The van der Waals surface area contributed by atoms with Gasteiger partial charge in [0.1, 0.15) is 17.3 Å². The first kappa shape index (κ1) is 17.0. The summed E-state index contributed by atoms with van der Waals surface area (Å²) in [5.41, 5.74) is 0.820. The van der Waals surface area contributed by atoms with Gasteiger partial charge >= 0.3 is 5.97 Å². The van der Waals surface area contributed by atoms with E-state index in [9.17, 15) is 14.0 Å². The van der Waals surface area contributed by atoms with Gasteiger partial charge in [-0.15, -0.1) is 11.3 Å². The fourth-order valence-corrected chi connectivity index (χ4v) is 2.97. The maximum Gasteiger partial charge on any atom is 0.345 e. The van der Waals surface area contributed by atoms with E-state index in [1.165, 1.54) is 13.2 Å². The second-order valence-corrected chi connectivity index (χ2v) is 6.10. The number of nitrogens with one attached hydrogen (secondary N) is 1. The molecule has 1 heterocycles. The number of aryl methyl sites for hydroxylation is 1. The summed E-state index contributed by atoms with van der Waals surface area (Å²) < 4.78 is 18.4. The van der Waals surface area contributed by atoms with Crippen LogP contribution in [-0.4, -0.2) is 30.8 Å². The van der Waals surface area contributed by atoms with Crippen molar-refractivity contribution >= 4 is 23.2 Å². The first-order valence-corrected chi connectivity index (χ1v) is 7.62. The van der Waals surface area contributed by atoms with Gasteiger partial charge in [0.05, 0.1) is 18.7 Å². The Labute approximate surface area is 136 Å². The molecule has 0 radical (unpaired) electrons. The lowest BCUT2D eigenvalue weighted by atomic mass is 10.1. The standard InChI is InChI=1S/C16H16FNO4S/c1-9-12(7-14(23-9)16(20)21)15(19)18-13(8-17)10-4-3-5-11(6-10)22-2/h3-7,13H,8H2,1-2H3,(H,18,19)(H,20,21). The number of halogens is 1. The van der Waals surface area contributed by atoms with E-state index in [1.807, 2.05) is 0 Å². The largest absolute Gasteiger partial charge is 0.497 e. The van der Waals surface area contributed by atoms with E-state index < -0.39 is 24.6 Å². The Morgan fingerprint density at radius 3 is 2.70 bits per heavy atom. The molecule has 0 saturated carbocycles. The van der Waals surface area contributed by atoms with Gasteiger partial charge < -0.3 is 15.2 Å². The normalized spacial score (nSPS) is 11.8. The molecule has 1 amide bonds. The number of amides is 1. The van der Waals surface area contributed by atoms with E-state index in [1.54, 1.807) is 31.2 Å². The van der Waals surface area contributed by atoms with Crippen LogP contribution in [0.2, 0.25) is 0 Å². The van der Waals surface area contributed by atoms with Crippen LogP contribution < -0.4 is 10.1 Å². The quantitative estimate of drug-likeness (QED) is 0.849. The van der Waals surface area contributed by atoms with Gasteiger partial charge in [-0.2, -0.15) is 0 Å². The topological polar surface area (TPSA) is 75.6 Å². The summed E-state index contributed by atoms with van der Waals surface area (Å²) in [7, 11) is 1.50. The first-order valence-electron chi connectivity index (χ1n) is 6.80. The molecule has 0 fully saturated rings. The average Bonchev–Trinajstić information content (AvgIpc) is 2.94. The summed E-state index contributed by atoms with van der Waals surface area (Å²) in [6.07, 6.45) is 0. The van der Waals surface area contributed by atoms with Crippen LogP contribution in [0.25, 0.3) is 0 Å². The number of thiophene rings is 1. The lowest BCUT2D eigenvalue weighted by Crippen LogP contribution is -2.30. The zero-order valence-electron chi connectivity index (χ0n) is 12.6. The predicted octanol–water partition coefficient (Wildman–Crippen LogP) is 3.20. The molecule has 0 saturated heterocycles. The van der Waals surface area contributed by atoms with Crippen LogP contribution in [0.5, 0.6) is 5.75 Å². The predicted molar refractivity (Wildman–Crippen MR) is 85.2 cm³/mol. The van der Waals surface area contributed by atoms with Crippen LogP contribution >= 0.6 is 11.3 Å². The molecule has 1 aromatic carbocycles. The van der Waals surface area contributed by atoms with Crippen molar-refractivity contribution in [1.29, 1.82) is 0 Å². The van der Waals surface area contributed by atoms with Crippen LogP contribution in [0.15, 0.2) is 30.3 Å². The fourth-order valence-electron chi connectivity index (χ4n) is 2.12. The molecular formula is C16H16FNO4S. The number of aromatic carboxylic acids is 1. The minimum absolute atomic E-state index is 0.0748. The van der Waals surface area contributed by atoms with Crippen molar-refractivity contribution in [1.82, 2.24) is 5.32 Å². The number of hydrogen-bond acceptors (Lipinski definition) is 4. The number of carbonyl (C=O) groups excluding carboxylic acids is 1. The van der Waals surface area contributed by atoms with Crippen molar-refractivity contribution < 1.29 is 23.8 Å². The minimum Gasteiger partial charge on any atom is -0.497 e. The smallest absolute Gasteiger partial charge is 0.345 e. The van der Waals surface area contributed by atoms with E-state index in [-0.39, 0.29) is 10.4 Å². The molecule has 1 atom stereocenters. The van der Waals surface area contributed by atoms with Gasteiger partial charge in [-0.1, -0.05) is 12.1 Å². The van der Waals surface area contributed by atoms with E-state index in [0.717, 1.165) is 11.3 Å². The van der Waals surface area contributed by atoms with Crippen molar-refractivity contribution in [3.63, 3.8) is 0 Å². The number of carboxylic acids is 1. The molecule has 23 heavy (non-hydrogen) atoms. The number of alkyl halides is 1. The minimum atomic E-state index is -1.09. The third-order valence-electron chi connectivity index (χ3n) is 3.33. The molecule has 7 heteroatoms. The Bertz CT molecular complexity index is 729. The summed E-state index contributed by atoms with van der Waals surface area (Å²) in [4.78, 5) is 23.9. The van der Waals surface area contributed by atoms with Crippen molar-refractivity contribution in [3.8, 4) is 5.75 Å². The Balaban J connectivity index is 2.21. The van der Waals surface area contributed by atoms with Crippen molar-refractivity contribution in [2.24, 2.45) is 0 Å². The van der Waals surface area contributed by atoms with Gasteiger partial charge in [0.25, 0.3) is 5.91 Å². The van der Waals surface area contributed by atoms with E-state index in [2.05, 4.69) is 5.32 Å². The van der Waals surface area contributed by atoms with Crippen LogP contribution in [0.1, 0.15) is 36.5 Å². The zero-order chi connectivity index (χ0) is 17.0. The van der Waals surface area contributed by atoms with Gasteiger partial charge in [0, 0.05) is 4.88 Å².